The predicted octanol–water partition coefficient (Wildman–Crippen LogP) is 2.95. The summed E-state index contributed by atoms with van der Waals surface area (Å²) >= 11 is 0. The summed E-state index contributed by atoms with van der Waals surface area (Å²) in [6, 6.07) is 9.85. The molecule has 0 atom stereocenters. The molecule has 0 spiro atoms. The second-order valence-corrected chi connectivity index (χ2v) is 4.03. The van der Waals surface area contributed by atoms with E-state index in [1.165, 1.54) is 0 Å². The van der Waals surface area contributed by atoms with E-state index in [1.54, 1.807) is 6.20 Å². The van der Waals surface area contributed by atoms with Gasteiger partial charge < -0.3 is 10.5 Å². The fraction of sp³-hybridized carbons (Fsp3) is 0.214. The number of nitrogens with zero attached hydrogens (tertiary/aromatic N) is 1. The van der Waals surface area contributed by atoms with E-state index in [0.717, 1.165) is 22.4 Å². The number of ether oxygens (including phenoxy) is 1. The van der Waals surface area contributed by atoms with Crippen LogP contribution in [0.15, 0.2) is 36.5 Å². The molecule has 3 nitrogen and oxygen atoms in total. The summed E-state index contributed by atoms with van der Waals surface area (Å²) in [6.45, 7) is 4.50. The van der Waals surface area contributed by atoms with Gasteiger partial charge in [0.2, 0.25) is 5.88 Å². The third-order valence-electron chi connectivity index (χ3n) is 2.66. The number of pyridine rings is 1. The zero-order chi connectivity index (χ0) is 12.3. The maximum absolute atomic E-state index is 5.82. The van der Waals surface area contributed by atoms with Crippen LogP contribution >= 0.6 is 0 Å². The molecular weight excluding hydrogens is 212 g/mol. The third kappa shape index (κ3) is 2.63. The Labute approximate surface area is 101 Å². The molecule has 2 rings (SSSR count). The molecule has 3 heteroatoms. The van der Waals surface area contributed by atoms with Crippen molar-refractivity contribution < 1.29 is 4.74 Å². The molecule has 0 fully saturated rings. The molecule has 2 aromatic rings. The van der Waals surface area contributed by atoms with Crippen LogP contribution in [0.1, 0.15) is 16.7 Å². The first-order valence-corrected chi connectivity index (χ1v) is 5.60. The molecule has 0 amide bonds. The maximum Gasteiger partial charge on any atom is 0.222 e. The largest absolute Gasteiger partial charge is 0.438 e. The molecule has 0 saturated carbocycles. The minimum atomic E-state index is 0.512. The van der Waals surface area contributed by atoms with Crippen molar-refractivity contribution in [3.8, 4) is 11.6 Å². The highest BCUT2D eigenvalue weighted by atomic mass is 16.5. The topological polar surface area (TPSA) is 48.1 Å². The summed E-state index contributed by atoms with van der Waals surface area (Å²) in [5, 5.41) is 0. The number of hydrogen-bond acceptors (Lipinski definition) is 3. The summed E-state index contributed by atoms with van der Waals surface area (Å²) in [5.74, 6) is 1.46. The standard InChI is InChI=1S/C14H16N2O/c1-10-5-6-12(9-15)8-13(10)17-14-11(2)4-3-7-16-14/h3-8H,9,15H2,1-2H3. The monoisotopic (exact) mass is 228 g/mol. The normalized spacial score (nSPS) is 10.3. The van der Waals surface area contributed by atoms with Crippen LogP contribution in [-0.4, -0.2) is 4.98 Å². The summed E-state index contributed by atoms with van der Waals surface area (Å²) in [7, 11) is 0. The van der Waals surface area contributed by atoms with E-state index in [2.05, 4.69) is 4.98 Å². The van der Waals surface area contributed by atoms with Crippen LogP contribution in [0, 0.1) is 13.8 Å². The average Bonchev–Trinajstić information content (AvgIpc) is 2.35. The highest BCUT2D eigenvalue weighted by Crippen LogP contribution is 2.26. The van der Waals surface area contributed by atoms with Gasteiger partial charge in [0.25, 0.3) is 0 Å². The maximum atomic E-state index is 5.82. The van der Waals surface area contributed by atoms with Crippen LogP contribution in [0.2, 0.25) is 0 Å². The lowest BCUT2D eigenvalue weighted by molar-refractivity contribution is 0.455. The van der Waals surface area contributed by atoms with E-state index in [1.807, 2.05) is 44.2 Å². The van der Waals surface area contributed by atoms with Crippen LogP contribution in [0.3, 0.4) is 0 Å². The number of aromatic nitrogens is 1. The van der Waals surface area contributed by atoms with Crippen LogP contribution in [0.4, 0.5) is 0 Å². The Hall–Kier alpha value is -1.87. The fourth-order valence-corrected chi connectivity index (χ4v) is 1.56. The van der Waals surface area contributed by atoms with Gasteiger partial charge in [0.1, 0.15) is 5.75 Å². The molecule has 0 aliphatic rings. The van der Waals surface area contributed by atoms with Gasteiger partial charge in [-0.2, -0.15) is 0 Å². The van der Waals surface area contributed by atoms with Crippen molar-refractivity contribution in [3.63, 3.8) is 0 Å². The first-order valence-electron chi connectivity index (χ1n) is 5.60. The molecule has 1 heterocycles. The lowest BCUT2D eigenvalue weighted by Crippen LogP contribution is -1.98. The fourth-order valence-electron chi connectivity index (χ4n) is 1.56. The highest BCUT2D eigenvalue weighted by Gasteiger charge is 2.05. The number of benzene rings is 1. The van der Waals surface area contributed by atoms with Crippen LogP contribution in [-0.2, 0) is 6.54 Å². The predicted molar refractivity (Wildman–Crippen MR) is 68.1 cm³/mol. The van der Waals surface area contributed by atoms with Gasteiger partial charge in [0, 0.05) is 18.3 Å². The third-order valence-corrected chi connectivity index (χ3v) is 2.66. The zero-order valence-electron chi connectivity index (χ0n) is 10.1. The summed E-state index contributed by atoms with van der Waals surface area (Å²) in [6.07, 6.45) is 1.73. The first kappa shape index (κ1) is 11.6. The van der Waals surface area contributed by atoms with Crippen molar-refractivity contribution >= 4 is 0 Å². The van der Waals surface area contributed by atoms with Crippen molar-refractivity contribution in [2.75, 3.05) is 0 Å². The molecule has 1 aromatic carbocycles. The number of hydrogen-bond donors (Lipinski definition) is 1. The van der Waals surface area contributed by atoms with Gasteiger partial charge in [-0.15, -0.1) is 0 Å². The molecule has 0 radical (unpaired) electrons. The van der Waals surface area contributed by atoms with Crippen LogP contribution in [0.5, 0.6) is 11.6 Å². The summed E-state index contributed by atoms with van der Waals surface area (Å²) in [4.78, 5) is 4.22. The van der Waals surface area contributed by atoms with Gasteiger partial charge in [-0.1, -0.05) is 18.2 Å². The van der Waals surface area contributed by atoms with E-state index in [4.69, 9.17) is 10.5 Å². The van der Waals surface area contributed by atoms with Crippen molar-refractivity contribution in [2.45, 2.75) is 20.4 Å². The molecule has 0 saturated heterocycles. The summed E-state index contributed by atoms with van der Waals surface area (Å²) in [5.41, 5.74) is 8.77. The van der Waals surface area contributed by atoms with Gasteiger partial charge in [-0.25, -0.2) is 4.98 Å². The van der Waals surface area contributed by atoms with Crippen molar-refractivity contribution in [1.29, 1.82) is 0 Å². The molecule has 0 aliphatic heterocycles. The molecule has 0 unspecified atom stereocenters. The Kier molecular flexibility index (Phi) is 3.40. The Bertz CT molecular complexity index is 523. The highest BCUT2D eigenvalue weighted by molar-refractivity contribution is 5.40. The average molecular weight is 228 g/mol. The van der Waals surface area contributed by atoms with Crippen molar-refractivity contribution in [3.05, 3.63) is 53.2 Å². The molecule has 0 bridgehead atoms. The van der Waals surface area contributed by atoms with Crippen molar-refractivity contribution in [2.24, 2.45) is 5.73 Å². The van der Waals surface area contributed by atoms with Crippen LogP contribution < -0.4 is 10.5 Å². The van der Waals surface area contributed by atoms with Gasteiger partial charge in [0.05, 0.1) is 0 Å². The minimum absolute atomic E-state index is 0.512. The van der Waals surface area contributed by atoms with E-state index >= 15 is 0 Å². The van der Waals surface area contributed by atoms with E-state index in [-0.39, 0.29) is 0 Å². The quantitative estimate of drug-likeness (QED) is 0.878. The molecule has 2 N–H and O–H groups in total. The molecule has 0 aliphatic carbocycles. The SMILES string of the molecule is Cc1ccc(CN)cc1Oc1ncccc1C. The second kappa shape index (κ2) is 4.97. The van der Waals surface area contributed by atoms with Gasteiger partial charge >= 0.3 is 0 Å². The lowest BCUT2D eigenvalue weighted by Gasteiger charge is -2.10. The van der Waals surface area contributed by atoms with Crippen LogP contribution in [0.25, 0.3) is 0 Å². The van der Waals surface area contributed by atoms with Crippen molar-refractivity contribution in [1.82, 2.24) is 4.98 Å². The smallest absolute Gasteiger partial charge is 0.222 e. The Morgan fingerprint density at radius 2 is 2.00 bits per heavy atom. The van der Waals surface area contributed by atoms with E-state index in [0.29, 0.717) is 12.4 Å². The molecule has 1 aromatic heterocycles. The summed E-state index contributed by atoms with van der Waals surface area (Å²) < 4.78 is 5.82. The van der Waals surface area contributed by atoms with E-state index in [9.17, 15) is 0 Å². The van der Waals surface area contributed by atoms with Gasteiger partial charge in [0.15, 0.2) is 0 Å². The Balaban J connectivity index is 2.32. The number of rotatable bonds is 3. The lowest BCUT2D eigenvalue weighted by atomic mass is 10.1. The Morgan fingerprint density at radius 1 is 1.18 bits per heavy atom. The first-order chi connectivity index (χ1) is 8.20. The number of nitrogens with two attached hydrogens (primary N) is 1. The second-order valence-electron chi connectivity index (χ2n) is 4.03. The number of aryl methyl sites for hydroxylation is 2. The molecular formula is C14H16N2O. The Morgan fingerprint density at radius 3 is 2.71 bits per heavy atom. The van der Waals surface area contributed by atoms with E-state index < -0.39 is 0 Å². The molecule has 88 valence electrons. The zero-order valence-corrected chi connectivity index (χ0v) is 10.1. The van der Waals surface area contributed by atoms with Gasteiger partial charge in [-0.05, 0) is 37.1 Å². The molecule has 17 heavy (non-hydrogen) atoms. The van der Waals surface area contributed by atoms with Gasteiger partial charge in [-0.3, -0.25) is 0 Å². The minimum Gasteiger partial charge on any atom is -0.438 e.